The number of amides is 1. The number of carbonyl (C=O) groups is 2. The van der Waals surface area contributed by atoms with Gasteiger partial charge in [-0.2, -0.15) is 5.10 Å². The number of rotatable bonds is 4. The maximum atomic E-state index is 12.6. The van der Waals surface area contributed by atoms with Crippen molar-refractivity contribution >= 4 is 11.9 Å². The Kier molecular flexibility index (Phi) is 3.67. The molecule has 3 rings (SSSR count). The minimum Gasteiger partial charge on any atom is -0.480 e. The second-order valence-electron chi connectivity index (χ2n) is 6.03. The molecule has 8 heteroatoms. The number of aromatic nitrogens is 3. The van der Waals surface area contributed by atoms with Gasteiger partial charge in [0.15, 0.2) is 11.5 Å². The van der Waals surface area contributed by atoms with Crippen LogP contribution >= 0.6 is 0 Å². The van der Waals surface area contributed by atoms with Gasteiger partial charge in [-0.05, 0) is 32.3 Å². The zero-order valence-corrected chi connectivity index (χ0v) is 13.0. The Morgan fingerprint density at radius 1 is 1.48 bits per heavy atom. The lowest BCUT2D eigenvalue weighted by atomic mass is 9.99. The first-order valence-electron chi connectivity index (χ1n) is 7.40. The van der Waals surface area contributed by atoms with Crippen molar-refractivity contribution in [1.29, 1.82) is 0 Å². The van der Waals surface area contributed by atoms with Gasteiger partial charge in [-0.3, -0.25) is 9.48 Å². The van der Waals surface area contributed by atoms with E-state index in [0.717, 1.165) is 5.56 Å². The van der Waals surface area contributed by atoms with Crippen LogP contribution in [-0.2, 0) is 11.3 Å². The second kappa shape index (κ2) is 5.53. The molecule has 1 N–H and O–H groups in total. The molecule has 1 unspecified atom stereocenters. The molecule has 23 heavy (non-hydrogen) atoms. The van der Waals surface area contributed by atoms with Gasteiger partial charge in [-0.1, -0.05) is 5.16 Å². The van der Waals surface area contributed by atoms with Crippen molar-refractivity contribution in [2.24, 2.45) is 0 Å². The summed E-state index contributed by atoms with van der Waals surface area (Å²) >= 11 is 0. The SMILES string of the molecule is Cc1cnn(Cc2cc(C(=O)N3CCCC3(C)C(=O)O)no2)c1. The smallest absolute Gasteiger partial charge is 0.329 e. The Bertz CT molecular complexity index is 750. The molecule has 1 aliphatic rings. The predicted octanol–water partition coefficient (Wildman–Crippen LogP) is 1.31. The van der Waals surface area contributed by atoms with Crippen LogP contribution in [0.5, 0.6) is 0 Å². The van der Waals surface area contributed by atoms with E-state index in [1.807, 2.05) is 13.1 Å². The Morgan fingerprint density at radius 3 is 2.91 bits per heavy atom. The van der Waals surface area contributed by atoms with Gasteiger partial charge >= 0.3 is 5.97 Å². The lowest BCUT2D eigenvalue weighted by molar-refractivity contribution is -0.147. The van der Waals surface area contributed by atoms with E-state index < -0.39 is 17.4 Å². The Balaban J connectivity index is 1.77. The van der Waals surface area contributed by atoms with Gasteiger partial charge in [0.1, 0.15) is 12.1 Å². The van der Waals surface area contributed by atoms with Gasteiger partial charge in [-0.25, -0.2) is 4.79 Å². The van der Waals surface area contributed by atoms with Crippen LogP contribution in [0, 0.1) is 6.92 Å². The van der Waals surface area contributed by atoms with Crippen LogP contribution in [0.2, 0.25) is 0 Å². The predicted molar refractivity (Wildman–Crippen MR) is 78.9 cm³/mol. The average Bonchev–Trinajstić information content (AvgIpc) is 3.20. The van der Waals surface area contributed by atoms with Crippen LogP contribution in [0.15, 0.2) is 23.0 Å². The maximum Gasteiger partial charge on any atom is 0.329 e. The van der Waals surface area contributed by atoms with E-state index in [4.69, 9.17) is 4.52 Å². The Morgan fingerprint density at radius 2 is 2.26 bits per heavy atom. The summed E-state index contributed by atoms with van der Waals surface area (Å²) in [7, 11) is 0. The number of carboxylic acid groups (broad SMARTS) is 1. The van der Waals surface area contributed by atoms with E-state index in [0.29, 0.717) is 31.7 Å². The molecule has 2 aromatic rings. The first kappa shape index (κ1) is 15.3. The third-order valence-corrected chi connectivity index (χ3v) is 4.21. The van der Waals surface area contributed by atoms with Gasteiger partial charge in [-0.15, -0.1) is 0 Å². The highest BCUT2D eigenvalue weighted by Gasteiger charge is 2.46. The van der Waals surface area contributed by atoms with Crippen molar-refractivity contribution in [2.45, 2.75) is 38.8 Å². The molecular weight excluding hydrogens is 300 g/mol. The molecule has 1 atom stereocenters. The number of carbonyl (C=O) groups excluding carboxylic acids is 1. The number of likely N-dealkylation sites (tertiary alicyclic amines) is 1. The monoisotopic (exact) mass is 318 g/mol. The van der Waals surface area contributed by atoms with Gasteiger partial charge in [0, 0.05) is 18.8 Å². The first-order valence-corrected chi connectivity index (χ1v) is 7.40. The molecule has 122 valence electrons. The van der Waals surface area contributed by atoms with Crippen LogP contribution in [0.3, 0.4) is 0 Å². The summed E-state index contributed by atoms with van der Waals surface area (Å²) in [5.74, 6) is -0.925. The third-order valence-electron chi connectivity index (χ3n) is 4.21. The molecule has 1 saturated heterocycles. The summed E-state index contributed by atoms with van der Waals surface area (Å²) in [6.45, 7) is 4.26. The Labute approximate surface area is 132 Å². The minimum absolute atomic E-state index is 0.123. The number of carboxylic acids is 1. The molecule has 8 nitrogen and oxygen atoms in total. The van der Waals surface area contributed by atoms with Crippen LogP contribution in [0.25, 0.3) is 0 Å². The number of hydrogen-bond acceptors (Lipinski definition) is 5. The van der Waals surface area contributed by atoms with Crippen molar-refractivity contribution in [3.05, 3.63) is 35.5 Å². The molecular formula is C15H18N4O4. The van der Waals surface area contributed by atoms with Gasteiger partial charge < -0.3 is 14.5 Å². The molecule has 1 aliphatic heterocycles. The summed E-state index contributed by atoms with van der Waals surface area (Å²) in [5.41, 5.74) is -0.0386. The van der Waals surface area contributed by atoms with E-state index in [-0.39, 0.29) is 5.69 Å². The van der Waals surface area contributed by atoms with E-state index in [1.165, 1.54) is 4.90 Å². The molecule has 0 saturated carbocycles. The van der Waals surface area contributed by atoms with Gasteiger partial charge in [0.2, 0.25) is 0 Å². The van der Waals surface area contributed by atoms with E-state index in [2.05, 4.69) is 10.3 Å². The van der Waals surface area contributed by atoms with Crippen LogP contribution in [0.4, 0.5) is 0 Å². The number of aliphatic carboxylic acids is 1. The Hall–Kier alpha value is -2.64. The lowest BCUT2D eigenvalue weighted by Crippen LogP contribution is -2.50. The topological polar surface area (TPSA) is 101 Å². The summed E-state index contributed by atoms with van der Waals surface area (Å²) in [6, 6.07) is 1.54. The zero-order valence-electron chi connectivity index (χ0n) is 13.0. The van der Waals surface area contributed by atoms with Crippen molar-refractivity contribution in [1.82, 2.24) is 19.8 Å². The standard InChI is InChI=1S/C15H18N4O4/c1-10-7-16-18(8-10)9-11-6-12(17-23-11)13(20)19-5-3-4-15(19,2)14(21)22/h6-8H,3-5,9H2,1-2H3,(H,21,22). The summed E-state index contributed by atoms with van der Waals surface area (Å²) in [6.07, 6.45) is 4.67. The second-order valence-corrected chi connectivity index (χ2v) is 6.03. The number of aryl methyl sites for hydroxylation is 1. The molecule has 0 aromatic carbocycles. The molecule has 0 aliphatic carbocycles. The largest absolute Gasteiger partial charge is 0.480 e. The minimum atomic E-state index is -1.19. The van der Waals surface area contributed by atoms with Crippen molar-refractivity contribution < 1.29 is 19.2 Å². The van der Waals surface area contributed by atoms with Crippen molar-refractivity contribution in [2.75, 3.05) is 6.54 Å². The fourth-order valence-electron chi connectivity index (χ4n) is 2.85. The molecule has 0 radical (unpaired) electrons. The quantitative estimate of drug-likeness (QED) is 0.912. The molecule has 3 heterocycles. The lowest BCUT2D eigenvalue weighted by Gasteiger charge is -2.30. The first-order chi connectivity index (χ1) is 10.9. The summed E-state index contributed by atoms with van der Waals surface area (Å²) < 4.78 is 6.86. The molecule has 2 aromatic heterocycles. The third kappa shape index (κ3) is 2.71. The highest BCUT2D eigenvalue weighted by Crippen LogP contribution is 2.30. The van der Waals surface area contributed by atoms with Gasteiger partial charge in [0.25, 0.3) is 5.91 Å². The molecule has 0 bridgehead atoms. The number of hydrogen-bond donors (Lipinski definition) is 1. The maximum absolute atomic E-state index is 12.6. The average molecular weight is 318 g/mol. The molecule has 1 amide bonds. The number of nitrogens with zero attached hydrogens (tertiary/aromatic N) is 4. The summed E-state index contributed by atoms with van der Waals surface area (Å²) in [4.78, 5) is 25.4. The van der Waals surface area contributed by atoms with Gasteiger partial charge in [0.05, 0.1) is 6.20 Å². The van der Waals surface area contributed by atoms with Crippen LogP contribution < -0.4 is 0 Å². The normalized spacial score (nSPS) is 20.9. The highest BCUT2D eigenvalue weighted by molar-refractivity contribution is 5.96. The highest BCUT2D eigenvalue weighted by atomic mass is 16.5. The van der Waals surface area contributed by atoms with E-state index in [9.17, 15) is 14.7 Å². The van der Waals surface area contributed by atoms with Crippen LogP contribution in [-0.4, -0.2) is 48.9 Å². The summed E-state index contributed by atoms with van der Waals surface area (Å²) in [5, 5.41) is 17.3. The molecule has 1 fully saturated rings. The zero-order chi connectivity index (χ0) is 16.6. The fraction of sp³-hybridized carbons (Fsp3) is 0.467. The van der Waals surface area contributed by atoms with E-state index >= 15 is 0 Å². The van der Waals surface area contributed by atoms with Crippen molar-refractivity contribution in [3.63, 3.8) is 0 Å². The molecule has 0 spiro atoms. The van der Waals surface area contributed by atoms with Crippen molar-refractivity contribution in [3.8, 4) is 0 Å². The fourth-order valence-corrected chi connectivity index (χ4v) is 2.85. The van der Waals surface area contributed by atoms with Crippen LogP contribution in [0.1, 0.15) is 41.6 Å². The van der Waals surface area contributed by atoms with E-state index in [1.54, 1.807) is 23.9 Å².